The molecular formula is C13H16F2N2OS. The molecule has 3 nitrogen and oxygen atoms in total. The Morgan fingerprint density at radius 2 is 2.00 bits per heavy atom. The van der Waals surface area contributed by atoms with Crippen molar-refractivity contribution in [2.75, 3.05) is 11.9 Å². The minimum atomic E-state index is -2.43. The van der Waals surface area contributed by atoms with Crippen molar-refractivity contribution in [1.29, 1.82) is 0 Å². The molecule has 0 radical (unpaired) electrons. The van der Waals surface area contributed by atoms with Crippen molar-refractivity contribution in [1.82, 2.24) is 0 Å². The number of hydrogen-bond acceptors (Lipinski definition) is 3. The van der Waals surface area contributed by atoms with Gasteiger partial charge in [0.2, 0.25) is 5.91 Å². The van der Waals surface area contributed by atoms with Gasteiger partial charge >= 0.3 is 0 Å². The summed E-state index contributed by atoms with van der Waals surface area (Å²) in [6, 6.07) is 6.40. The minimum Gasteiger partial charge on any atom is -0.329 e. The molecule has 0 unspecified atom stereocenters. The summed E-state index contributed by atoms with van der Waals surface area (Å²) in [5.74, 6) is -2.51. The van der Waals surface area contributed by atoms with Gasteiger partial charge in [0.1, 0.15) is 0 Å². The first-order valence-corrected chi connectivity index (χ1v) is 7.00. The number of nitrogens with two attached hydrogens (primary N) is 1. The predicted octanol–water partition coefficient (Wildman–Crippen LogP) is 3.07. The Balaban J connectivity index is 1.97. The van der Waals surface area contributed by atoms with E-state index in [9.17, 15) is 13.6 Å². The van der Waals surface area contributed by atoms with Crippen LogP contribution in [-0.2, 0) is 4.79 Å². The van der Waals surface area contributed by atoms with Crippen LogP contribution < -0.4 is 11.1 Å². The van der Waals surface area contributed by atoms with E-state index < -0.39 is 11.2 Å². The summed E-state index contributed by atoms with van der Waals surface area (Å²) in [6.45, 7) is 0.345. The molecule has 1 aromatic carbocycles. The zero-order valence-electron chi connectivity index (χ0n) is 10.4. The number of halogens is 2. The second-order valence-corrected chi connectivity index (χ2v) is 5.76. The Morgan fingerprint density at radius 3 is 2.42 bits per heavy atom. The Kier molecular flexibility index (Phi) is 4.42. The third-order valence-electron chi connectivity index (χ3n) is 3.52. The molecule has 0 atom stereocenters. The Morgan fingerprint density at radius 1 is 1.37 bits per heavy atom. The van der Waals surface area contributed by atoms with Gasteiger partial charge < -0.3 is 11.1 Å². The molecule has 19 heavy (non-hydrogen) atoms. The van der Waals surface area contributed by atoms with Gasteiger partial charge in [-0.05, 0) is 37.1 Å². The first-order valence-electron chi connectivity index (χ1n) is 6.12. The van der Waals surface area contributed by atoms with Gasteiger partial charge in [-0.25, -0.2) is 0 Å². The second kappa shape index (κ2) is 5.88. The van der Waals surface area contributed by atoms with Crippen molar-refractivity contribution in [3.05, 3.63) is 24.3 Å². The van der Waals surface area contributed by atoms with E-state index in [2.05, 4.69) is 5.32 Å². The number of rotatable bonds is 5. The highest BCUT2D eigenvalue weighted by Gasteiger charge is 2.42. The molecule has 0 spiro atoms. The average Bonchev–Trinajstić information content (AvgIpc) is 2.30. The lowest BCUT2D eigenvalue weighted by Gasteiger charge is -2.39. The van der Waals surface area contributed by atoms with Crippen molar-refractivity contribution in [3.8, 4) is 0 Å². The molecule has 6 heteroatoms. The Labute approximate surface area is 114 Å². The standard InChI is InChI=1S/C13H16F2N2OS/c14-12(15)19-10-4-2-9(3-5-10)17-11(18)13(8-16)6-1-7-13/h2-5,12H,1,6-8,16H2,(H,17,18). The van der Waals surface area contributed by atoms with Gasteiger partial charge in [-0.1, -0.05) is 18.2 Å². The van der Waals surface area contributed by atoms with Gasteiger partial charge in [-0.3, -0.25) is 4.79 Å². The van der Waals surface area contributed by atoms with Crippen LogP contribution in [-0.4, -0.2) is 18.2 Å². The second-order valence-electron chi connectivity index (χ2n) is 4.70. The molecule has 1 saturated carbocycles. The predicted molar refractivity (Wildman–Crippen MR) is 72.3 cm³/mol. The number of benzene rings is 1. The summed E-state index contributed by atoms with van der Waals surface area (Å²) in [7, 11) is 0. The summed E-state index contributed by atoms with van der Waals surface area (Å²) in [5.41, 5.74) is 5.83. The van der Waals surface area contributed by atoms with E-state index in [0.29, 0.717) is 28.9 Å². The van der Waals surface area contributed by atoms with E-state index >= 15 is 0 Å². The van der Waals surface area contributed by atoms with Crippen LogP contribution in [0.5, 0.6) is 0 Å². The monoisotopic (exact) mass is 286 g/mol. The van der Waals surface area contributed by atoms with Crippen molar-refractivity contribution in [2.24, 2.45) is 11.1 Å². The molecule has 1 aliphatic rings. The SMILES string of the molecule is NCC1(C(=O)Nc2ccc(SC(F)F)cc2)CCC1. The fourth-order valence-corrected chi connectivity index (χ4v) is 2.61. The Hall–Kier alpha value is -1.14. The van der Waals surface area contributed by atoms with Gasteiger partial charge in [0, 0.05) is 17.1 Å². The van der Waals surface area contributed by atoms with E-state index in [4.69, 9.17) is 5.73 Å². The van der Waals surface area contributed by atoms with Gasteiger partial charge in [0.05, 0.1) is 5.41 Å². The molecule has 0 heterocycles. The summed E-state index contributed by atoms with van der Waals surface area (Å²) >= 11 is 0.486. The maximum Gasteiger partial charge on any atom is 0.288 e. The van der Waals surface area contributed by atoms with Gasteiger partial charge in [0.25, 0.3) is 5.76 Å². The van der Waals surface area contributed by atoms with E-state index in [1.807, 2.05) is 0 Å². The fourth-order valence-electron chi connectivity index (χ4n) is 2.11. The van der Waals surface area contributed by atoms with Crippen LogP contribution in [0.1, 0.15) is 19.3 Å². The summed E-state index contributed by atoms with van der Waals surface area (Å²) in [4.78, 5) is 12.6. The first-order chi connectivity index (χ1) is 9.05. The molecule has 2 rings (SSSR count). The van der Waals surface area contributed by atoms with Crippen LogP contribution in [0.15, 0.2) is 29.2 Å². The number of thioether (sulfide) groups is 1. The molecule has 0 bridgehead atoms. The average molecular weight is 286 g/mol. The smallest absolute Gasteiger partial charge is 0.288 e. The highest BCUT2D eigenvalue weighted by molar-refractivity contribution is 7.99. The number of alkyl halides is 2. The van der Waals surface area contributed by atoms with E-state index in [1.54, 1.807) is 24.3 Å². The summed E-state index contributed by atoms with van der Waals surface area (Å²) in [5, 5.41) is 2.80. The van der Waals surface area contributed by atoms with Crippen molar-refractivity contribution in [3.63, 3.8) is 0 Å². The number of anilines is 1. The fraction of sp³-hybridized carbons (Fsp3) is 0.462. The quantitative estimate of drug-likeness (QED) is 0.818. The largest absolute Gasteiger partial charge is 0.329 e. The number of carbonyl (C=O) groups excluding carboxylic acids is 1. The van der Waals surface area contributed by atoms with Crippen LogP contribution in [0.4, 0.5) is 14.5 Å². The third kappa shape index (κ3) is 3.25. The summed E-state index contributed by atoms with van der Waals surface area (Å²) < 4.78 is 24.3. The number of hydrogen-bond donors (Lipinski definition) is 2. The Bertz CT molecular complexity index is 441. The van der Waals surface area contributed by atoms with Crippen LogP contribution in [0, 0.1) is 5.41 Å². The zero-order chi connectivity index (χ0) is 13.9. The highest BCUT2D eigenvalue weighted by Crippen LogP contribution is 2.40. The zero-order valence-corrected chi connectivity index (χ0v) is 11.2. The maximum absolute atomic E-state index is 12.2. The van der Waals surface area contributed by atoms with Crippen LogP contribution in [0.3, 0.4) is 0 Å². The number of nitrogens with one attached hydrogen (secondary N) is 1. The van der Waals surface area contributed by atoms with Crippen LogP contribution >= 0.6 is 11.8 Å². The van der Waals surface area contributed by atoms with Gasteiger partial charge in [0.15, 0.2) is 0 Å². The van der Waals surface area contributed by atoms with E-state index in [0.717, 1.165) is 19.3 Å². The highest BCUT2D eigenvalue weighted by atomic mass is 32.2. The molecule has 3 N–H and O–H groups in total. The van der Waals surface area contributed by atoms with Gasteiger partial charge in [-0.15, -0.1) is 0 Å². The third-order valence-corrected chi connectivity index (χ3v) is 4.24. The minimum absolute atomic E-state index is 0.0736. The number of carbonyl (C=O) groups is 1. The van der Waals surface area contributed by atoms with Crippen LogP contribution in [0.2, 0.25) is 0 Å². The lowest BCUT2D eigenvalue weighted by molar-refractivity contribution is -0.129. The molecule has 0 saturated heterocycles. The molecule has 1 fully saturated rings. The lowest BCUT2D eigenvalue weighted by Crippen LogP contribution is -2.47. The molecule has 1 aliphatic carbocycles. The van der Waals surface area contributed by atoms with Crippen molar-refractivity contribution >= 4 is 23.4 Å². The molecule has 0 aromatic heterocycles. The van der Waals surface area contributed by atoms with Crippen molar-refractivity contribution < 1.29 is 13.6 Å². The van der Waals surface area contributed by atoms with Crippen LogP contribution in [0.25, 0.3) is 0 Å². The molecular weight excluding hydrogens is 270 g/mol. The maximum atomic E-state index is 12.2. The van der Waals surface area contributed by atoms with Crippen molar-refractivity contribution in [2.45, 2.75) is 29.9 Å². The van der Waals surface area contributed by atoms with Gasteiger partial charge in [-0.2, -0.15) is 8.78 Å². The molecule has 0 aliphatic heterocycles. The molecule has 1 aromatic rings. The van der Waals surface area contributed by atoms with E-state index in [1.165, 1.54) is 0 Å². The molecule has 1 amide bonds. The number of amides is 1. The topological polar surface area (TPSA) is 55.1 Å². The molecule has 104 valence electrons. The summed E-state index contributed by atoms with van der Waals surface area (Å²) in [6.07, 6.45) is 2.65. The first kappa shape index (κ1) is 14.3. The lowest BCUT2D eigenvalue weighted by atomic mass is 9.68. The van der Waals surface area contributed by atoms with E-state index in [-0.39, 0.29) is 5.91 Å². The normalized spacial score (nSPS) is 17.1.